The molecule has 5 heterocycles. The minimum absolute atomic E-state index is 0.00847. The van der Waals surface area contributed by atoms with Crippen LogP contribution in [-0.4, -0.2) is 67.0 Å². The molecular formula is C41H53N5O5. The van der Waals surface area contributed by atoms with E-state index in [0.29, 0.717) is 19.3 Å². The minimum atomic E-state index is -0.886. The number of nitrogens with one attached hydrogen (secondary N) is 2. The minimum Gasteiger partial charge on any atom is -0.481 e. The van der Waals surface area contributed by atoms with Gasteiger partial charge in [-0.05, 0) is 98.2 Å². The summed E-state index contributed by atoms with van der Waals surface area (Å²) in [6.45, 7) is 10.4. The van der Waals surface area contributed by atoms with E-state index in [1.807, 2.05) is 32.9 Å². The molecule has 2 aliphatic heterocycles. The lowest BCUT2D eigenvalue weighted by atomic mass is 9.70. The fourth-order valence-electron chi connectivity index (χ4n) is 7.63. The number of nitrogens with zero attached hydrogens (tertiary/aromatic N) is 3. The second-order valence-electron chi connectivity index (χ2n) is 14.8. The molecule has 0 unspecified atom stereocenters. The predicted molar refractivity (Wildman–Crippen MR) is 203 cm³/mol. The topological polar surface area (TPSA) is 152 Å². The van der Waals surface area contributed by atoms with Gasteiger partial charge in [0.05, 0.1) is 11.4 Å². The van der Waals surface area contributed by atoms with Gasteiger partial charge in [-0.15, -0.1) is 0 Å². The summed E-state index contributed by atoms with van der Waals surface area (Å²) in [6.07, 6.45) is 9.51. The first-order valence-electron chi connectivity index (χ1n) is 18.3. The maximum absolute atomic E-state index is 13.5. The van der Waals surface area contributed by atoms with Crippen molar-refractivity contribution in [1.82, 2.24) is 24.8 Å². The number of carbonyl (C=O) groups excluding carboxylic acids is 1. The third-order valence-corrected chi connectivity index (χ3v) is 10.8. The first kappa shape index (κ1) is 37.5. The molecule has 272 valence electrons. The maximum atomic E-state index is 13.5. The summed E-state index contributed by atoms with van der Waals surface area (Å²) in [5.41, 5.74) is 10.6. The second-order valence-corrected chi connectivity index (χ2v) is 14.8. The van der Waals surface area contributed by atoms with Crippen molar-refractivity contribution < 1.29 is 24.6 Å². The van der Waals surface area contributed by atoms with Gasteiger partial charge < -0.3 is 25.1 Å². The lowest BCUT2D eigenvalue weighted by Gasteiger charge is -2.32. The molecule has 0 aliphatic carbocycles. The zero-order chi connectivity index (χ0) is 37.0. The van der Waals surface area contributed by atoms with Crippen molar-refractivity contribution in [2.45, 2.75) is 117 Å². The van der Waals surface area contributed by atoms with Gasteiger partial charge in [0.1, 0.15) is 0 Å². The molecule has 0 aromatic carbocycles. The first-order valence-corrected chi connectivity index (χ1v) is 18.3. The molecule has 10 nitrogen and oxygen atoms in total. The number of aromatic amines is 2. The zero-order valence-electron chi connectivity index (χ0n) is 31.2. The van der Waals surface area contributed by atoms with Crippen LogP contribution in [0.2, 0.25) is 0 Å². The molecule has 2 atom stereocenters. The van der Waals surface area contributed by atoms with Crippen LogP contribution in [0.3, 0.4) is 0 Å². The van der Waals surface area contributed by atoms with E-state index < -0.39 is 17.4 Å². The average Bonchev–Trinajstić information content (AvgIpc) is 3.72. The van der Waals surface area contributed by atoms with Gasteiger partial charge in [-0.1, -0.05) is 46.0 Å². The number of aromatic nitrogens is 4. The molecule has 0 saturated carbocycles. The van der Waals surface area contributed by atoms with Gasteiger partial charge >= 0.3 is 11.9 Å². The number of H-pyrrole nitrogens is 2. The number of rotatable bonds is 14. The largest absolute Gasteiger partial charge is 0.481 e. The molecule has 0 fully saturated rings. The van der Waals surface area contributed by atoms with Gasteiger partial charge in [0.15, 0.2) is 0 Å². The summed E-state index contributed by atoms with van der Waals surface area (Å²) in [4.78, 5) is 56.1. The standard InChI is InChI=1S/C41H53N5O5/c1-8-9-10-11-12-13-30-36-20-31-24(2)18-27(42-31)19-32-25(3)28(14-16-39(48)49)34(43-32)21-35-29(15-17-40(50)51)26(4)33(44-35)22-37(45-36)41(30,5)23-38(47)46(6)7/h18-22,30,43-44H,8-17,23H2,1-7H3,(H,48,49)(H,50,51)/t30-,41+/m0/s1. The average molecular weight is 696 g/mol. The van der Waals surface area contributed by atoms with Gasteiger partial charge in [-0.2, -0.15) is 0 Å². The number of aryl methyl sites for hydroxylation is 4. The highest BCUT2D eigenvalue weighted by atomic mass is 16.4. The highest BCUT2D eigenvalue weighted by Gasteiger charge is 2.44. The van der Waals surface area contributed by atoms with E-state index in [9.17, 15) is 24.6 Å². The Labute approximate surface area is 300 Å². The summed E-state index contributed by atoms with van der Waals surface area (Å²) in [5, 5.41) is 19.2. The molecule has 2 aliphatic rings. The smallest absolute Gasteiger partial charge is 0.303 e. The second kappa shape index (κ2) is 15.7. The van der Waals surface area contributed by atoms with Crippen molar-refractivity contribution in [2.24, 2.45) is 0 Å². The maximum Gasteiger partial charge on any atom is 0.303 e. The molecule has 4 N–H and O–H groups in total. The normalized spacial score (nSPS) is 17.0. The molecule has 10 heteroatoms. The molecule has 0 spiro atoms. The predicted octanol–water partition coefficient (Wildman–Crippen LogP) is 8.41. The Morgan fingerprint density at radius 2 is 1.39 bits per heavy atom. The molecule has 8 bridgehead atoms. The Hall–Kier alpha value is -4.73. The van der Waals surface area contributed by atoms with Gasteiger partial charge in [0.25, 0.3) is 0 Å². The molecule has 51 heavy (non-hydrogen) atoms. The molecule has 1 amide bonds. The monoisotopic (exact) mass is 695 g/mol. The van der Waals surface area contributed by atoms with Crippen molar-refractivity contribution in [3.8, 4) is 0 Å². The number of carbonyl (C=O) groups is 3. The van der Waals surface area contributed by atoms with E-state index in [-0.39, 0.29) is 24.7 Å². The Bertz CT molecular complexity index is 2020. The van der Waals surface area contributed by atoms with Crippen LogP contribution in [0.1, 0.15) is 130 Å². The fourth-order valence-corrected chi connectivity index (χ4v) is 7.63. The van der Waals surface area contributed by atoms with Crippen LogP contribution >= 0.6 is 0 Å². The van der Waals surface area contributed by atoms with E-state index in [1.54, 1.807) is 19.0 Å². The summed E-state index contributed by atoms with van der Waals surface area (Å²) < 4.78 is 0. The van der Waals surface area contributed by atoms with E-state index in [1.165, 1.54) is 19.3 Å². The van der Waals surface area contributed by atoms with Crippen molar-refractivity contribution in [3.05, 3.63) is 69.3 Å². The molecule has 3 aromatic rings. The van der Waals surface area contributed by atoms with Crippen LogP contribution < -0.4 is 0 Å². The zero-order valence-corrected chi connectivity index (χ0v) is 31.2. The number of hydrogen-bond acceptors (Lipinski definition) is 5. The summed E-state index contributed by atoms with van der Waals surface area (Å²) in [7, 11) is 3.58. The summed E-state index contributed by atoms with van der Waals surface area (Å²) in [6, 6.07) is 8.12. The number of allylic oxidation sites excluding steroid dienone is 1. The Morgan fingerprint density at radius 3 is 1.96 bits per heavy atom. The third kappa shape index (κ3) is 8.26. The number of amides is 1. The van der Waals surface area contributed by atoms with Gasteiger partial charge in [0.2, 0.25) is 5.91 Å². The quantitative estimate of drug-likeness (QED) is 0.124. The number of carboxylic acid groups (broad SMARTS) is 2. The van der Waals surface area contributed by atoms with E-state index in [4.69, 9.17) is 9.97 Å². The van der Waals surface area contributed by atoms with E-state index in [0.717, 1.165) is 91.9 Å². The van der Waals surface area contributed by atoms with Gasteiger partial charge in [-0.3, -0.25) is 19.4 Å². The van der Waals surface area contributed by atoms with Gasteiger partial charge in [0, 0.05) is 78.1 Å². The van der Waals surface area contributed by atoms with Crippen molar-refractivity contribution in [1.29, 1.82) is 0 Å². The summed E-state index contributed by atoms with van der Waals surface area (Å²) >= 11 is 0. The molecule has 0 saturated heterocycles. The van der Waals surface area contributed by atoms with E-state index >= 15 is 0 Å². The van der Waals surface area contributed by atoms with Crippen molar-refractivity contribution in [2.75, 3.05) is 14.1 Å². The Morgan fingerprint density at radius 1 is 0.804 bits per heavy atom. The van der Waals surface area contributed by atoms with Crippen LogP contribution in [0.4, 0.5) is 0 Å². The summed E-state index contributed by atoms with van der Waals surface area (Å²) in [5.74, 6) is -1.74. The molecular weight excluding hydrogens is 642 g/mol. The van der Waals surface area contributed by atoms with Crippen molar-refractivity contribution >= 4 is 51.6 Å². The third-order valence-electron chi connectivity index (χ3n) is 10.8. The number of hydrogen-bond donors (Lipinski definition) is 4. The number of aliphatic carboxylic acids is 2. The number of fused-ring (bicyclic) bond motifs is 8. The Balaban J connectivity index is 1.85. The van der Waals surface area contributed by atoms with Crippen LogP contribution in [0.15, 0.2) is 24.3 Å². The molecule has 3 aromatic heterocycles. The van der Waals surface area contributed by atoms with Crippen LogP contribution in [0, 0.1) is 13.8 Å². The number of unbranched alkanes of at least 4 members (excludes halogenated alkanes) is 4. The number of carboxylic acids is 2. The van der Waals surface area contributed by atoms with E-state index in [2.05, 4.69) is 42.0 Å². The van der Waals surface area contributed by atoms with Gasteiger partial charge in [-0.25, -0.2) is 4.98 Å². The van der Waals surface area contributed by atoms with Crippen LogP contribution in [-0.2, 0) is 32.6 Å². The molecule has 5 rings (SSSR count). The van der Waals surface area contributed by atoms with Crippen LogP contribution in [0.5, 0.6) is 0 Å². The SMILES string of the molecule is CCCCCCC[C@H]1c2cc3nc(cc4[nH]c(cc5[nH]c(cc(n2)[C@]1(C)CC(=O)N(C)C)c(C)c5CCC(=O)O)c(CCC(=O)O)c4C)C=C3C. The lowest BCUT2D eigenvalue weighted by molar-refractivity contribution is -0.138. The van der Waals surface area contributed by atoms with Crippen molar-refractivity contribution in [3.63, 3.8) is 0 Å². The lowest BCUT2D eigenvalue weighted by Crippen LogP contribution is -2.34. The molecule has 0 radical (unpaired) electrons. The first-order chi connectivity index (χ1) is 24.2. The van der Waals surface area contributed by atoms with Crippen LogP contribution in [0.25, 0.3) is 33.7 Å². The highest BCUT2D eigenvalue weighted by molar-refractivity contribution is 5.85. The Kier molecular flexibility index (Phi) is 11.5. The highest BCUT2D eigenvalue weighted by Crippen LogP contribution is 2.48. The fraction of sp³-hybridized carbons (Fsp3) is 0.488.